The van der Waals surface area contributed by atoms with E-state index in [0.717, 1.165) is 30.0 Å². The molecule has 2 aromatic carbocycles. The number of nitrogens with zero attached hydrogens (tertiary/aromatic N) is 3. The first-order chi connectivity index (χ1) is 12.8. The van der Waals surface area contributed by atoms with Crippen LogP contribution in [0.3, 0.4) is 0 Å². The molecule has 0 aliphatic heterocycles. The number of hydrogen-bond acceptors (Lipinski definition) is 4. The van der Waals surface area contributed by atoms with Crippen LogP contribution in [-0.4, -0.2) is 23.2 Å². The van der Waals surface area contributed by atoms with Crippen LogP contribution in [0, 0.1) is 0 Å². The Morgan fingerprint density at radius 1 is 0.926 bits per heavy atom. The number of alkyl halides is 3. The molecule has 3 rings (SSSR count). The number of carbonyl (C=O) groups excluding carboxylic acids is 1. The van der Waals surface area contributed by atoms with Crippen molar-refractivity contribution in [2.75, 3.05) is 17.3 Å². The van der Waals surface area contributed by atoms with Gasteiger partial charge in [-0.1, -0.05) is 18.2 Å². The minimum Gasteiger partial charge on any atom is -0.328 e. The third kappa shape index (κ3) is 4.41. The Morgan fingerprint density at radius 3 is 2.15 bits per heavy atom. The van der Waals surface area contributed by atoms with Gasteiger partial charge in [-0.05, 0) is 48.5 Å². The maximum Gasteiger partial charge on any atom is 0.416 e. The van der Waals surface area contributed by atoms with E-state index in [0.29, 0.717) is 5.82 Å². The molecule has 8 heteroatoms. The molecule has 0 unspecified atom stereocenters. The van der Waals surface area contributed by atoms with Crippen molar-refractivity contribution in [3.8, 4) is 0 Å². The summed E-state index contributed by atoms with van der Waals surface area (Å²) < 4.78 is 37.7. The first kappa shape index (κ1) is 18.4. The minimum absolute atomic E-state index is 0.0929. The molecule has 0 aliphatic rings. The SMILES string of the molecule is CN(c1ccccc1)c1ccc(NC(=O)c2ccc(C(F)(F)F)cc2)nn1. The van der Waals surface area contributed by atoms with Gasteiger partial charge < -0.3 is 10.2 Å². The number of halogens is 3. The van der Waals surface area contributed by atoms with E-state index >= 15 is 0 Å². The lowest BCUT2D eigenvalue weighted by Gasteiger charge is -2.17. The van der Waals surface area contributed by atoms with Crippen LogP contribution < -0.4 is 10.2 Å². The highest BCUT2D eigenvalue weighted by atomic mass is 19.4. The Balaban J connectivity index is 1.68. The highest BCUT2D eigenvalue weighted by Gasteiger charge is 2.30. The van der Waals surface area contributed by atoms with Crippen molar-refractivity contribution in [2.24, 2.45) is 0 Å². The van der Waals surface area contributed by atoms with E-state index in [2.05, 4.69) is 15.5 Å². The van der Waals surface area contributed by atoms with Crippen LogP contribution in [0.5, 0.6) is 0 Å². The van der Waals surface area contributed by atoms with E-state index in [-0.39, 0.29) is 11.4 Å². The van der Waals surface area contributed by atoms with Crippen LogP contribution in [0.1, 0.15) is 15.9 Å². The molecule has 1 N–H and O–H groups in total. The van der Waals surface area contributed by atoms with E-state index in [4.69, 9.17) is 0 Å². The molecular weight excluding hydrogens is 357 g/mol. The van der Waals surface area contributed by atoms with E-state index in [9.17, 15) is 18.0 Å². The predicted molar refractivity (Wildman–Crippen MR) is 95.9 cm³/mol. The Hall–Kier alpha value is -3.42. The molecule has 138 valence electrons. The maximum atomic E-state index is 12.6. The summed E-state index contributed by atoms with van der Waals surface area (Å²) in [4.78, 5) is 14.0. The van der Waals surface area contributed by atoms with E-state index in [1.165, 1.54) is 0 Å². The van der Waals surface area contributed by atoms with Crippen LogP contribution in [0.4, 0.5) is 30.5 Å². The van der Waals surface area contributed by atoms with E-state index in [1.54, 1.807) is 12.1 Å². The molecule has 0 atom stereocenters. The fourth-order valence-corrected chi connectivity index (χ4v) is 2.35. The van der Waals surface area contributed by atoms with Crippen molar-refractivity contribution in [3.63, 3.8) is 0 Å². The van der Waals surface area contributed by atoms with Crippen molar-refractivity contribution in [1.29, 1.82) is 0 Å². The molecule has 27 heavy (non-hydrogen) atoms. The Bertz CT molecular complexity index is 910. The van der Waals surface area contributed by atoms with Crippen LogP contribution in [0.15, 0.2) is 66.7 Å². The highest BCUT2D eigenvalue weighted by molar-refractivity contribution is 6.03. The van der Waals surface area contributed by atoms with Crippen molar-refractivity contribution in [2.45, 2.75) is 6.18 Å². The van der Waals surface area contributed by atoms with Crippen LogP contribution >= 0.6 is 0 Å². The van der Waals surface area contributed by atoms with Gasteiger partial charge in [0.15, 0.2) is 11.6 Å². The number of hydrogen-bond donors (Lipinski definition) is 1. The Kier molecular flexibility index (Phi) is 5.07. The fraction of sp³-hybridized carbons (Fsp3) is 0.105. The van der Waals surface area contributed by atoms with Crippen molar-refractivity contribution < 1.29 is 18.0 Å². The first-order valence-corrected chi connectivity index (χ1v) is 7.96. The number of rotatable bonds is 4. The fourth-order valence-electron chi connectivity index (χ4n) is 2.35. The van der Waals surface area contributed by atoms with Crippen molar-refractivity contribution in [3.05, 3.63) is 77.9 Å². The summed E-state index contributed by atoms with van der Waals surface area (Å²) in [6.45, 7) is 0. The van der Waals surface area contributed by atoms with Crippen LogP contribution in [0.2, 0.25) is 0 Å². The average Bonchev–Trinajstić information content (AvgIpc) is 2.68. The number of aromatic nitrogens is 2. The molecule has 0 radical (unpaired) electrons. The third-order valence-electron chi connectivity index (χ3n) is 3.85. The van der Waals surface area contributed by atoms with Gasteiger partial charge in [-0.2, -0.15) is 13.2 Å². The predicted octanol–water partition coefficient (Wildman–Crippen LogP) is 4.52. The van der Waals surface area contributed by atoms with Gasteiger partial charge >= 0.3 is 6.18 Å². The molecule has 0 saturated carbocycles. The summed E-state index contributed by atoms with van der Waals surface area (Å²) in [7, 11) is 1.83. The normalized spacial score (nSPS) is 11.1. The molecule has 5 nitrogen and oxygen atoms in total. The minimum atomic E-state index is -4.44. The monoisotopic (exact) mass is 372 g/mol. The van der Waals surface area contributed by atoms with Crippen LogP contribution in [-0.2, 0) is 6.18 Å². The third-order valence-corrected chi connectivity index (χ3v) is 3.85. The summed E-state index contributed by atoms with van der Waals surface area (Å²) in [5.41, 5.74) is 0.204. The highest BCUT2D eigenvalue weighted by Crippen LogP contribution is 2.29. The average molecular weight is 372 g/mol. The van der Waals surface area contributed by atoms with E-state index < -0.39 is 17.6 Å². The molecule has 0 aliphatic carbocycles. The zero-order valence-electron chi connectivity index (χ0n) is 14.2. The van der Waals surface area contributed by atoms with Gasteiger partial charge in [-0.15, -0.1) is 10.2 Å². The van der Waals surface area contributed by atoms with Gasteiger partial charge in [0.1, 0.15) is 0 Å². The molecule has 0 spiro atoms. The zero-order chi connectivity index (χ0) is 19.4. The van der Waals surface area contributed by atoms with Gasteiger partial charge in [0.2, 0.25) is 0 Å². The number of para-hydroxylation sites is 1. The van der Waals surface area contributed by atoms with Gasteiger partial charge in [-0.25, -0.2) is 0 Å². The largest absolute Gasteiger partial charge is 0.416 e. The smallest absolute Gasteiger partial charge is 0.328 e. The van der Waals surface area contributed by atoms with E-state index in [1.807, 2.05) is 42.3 Å². The standard InChI is InChI=1S/C19H15F3N4O/c1-26(15-5-3-2-4-6-15)17-12-11-16(24-25-17)23-18(27)13-7-9-14(10-8-13)19(20,21)22/h2-12H,1H3,(H,23,24,27). The summed E-state index contributed by atoms with van der Waals surface area (Å²) >= 11 is 0. The maximum absolute atomic E-state index is 12.6. The lowest BCUT2D eigenvalue weighted by molar-refractivity contribution is -0.137. The molecule has 0 bridgehead atoms. The second kappa shape index (κ2) is 7.45. The van der Waals surface area contributed by atoms with Crippen LogP contribution in [0.25, 0.3) is 0 Å². The second-order valence-corrected chi connectivity index (χ2v) is 5.70. The summed E-state index contributed by atoms with van der Waals surface area (Å²) in [5.74, 6) is 0.209. The number of carbonyl (C=O) groups is 1. The summed E-state index contributed by atoms with van der Waals surface area (Å²) in [5, 5.41) is 10.5. The first-order valence-electron chi connectivity index (χ1n) is 7.96. The number of amides is 1. The van der Waals surface area contributed by atoms with Crippen molar-refractivity contribution in [1.82, 2.24) is 10.2 Å². The molecule has 1 amide bonds. The van der Waals surface area contributed by atoms with Gasteiger partial charge in [0, 0.05) is 18.3 Å². The molecule has 0 fully saturated rings. The molecule has 1 heterocycles. The Labute approximate surface area is 153 Å². The summed E-state index contributed by atoms with van der Waals surface area (Å²) in [6, 6.07) is 16.7. The lowest BCUT2D eigenvalue weighted by Crippen LogP contribution is -2.16. The van der Waals surface area contributed by atoms with Gasteiger partial charge in [0.25, 0.3) is 5.91 Å². The number of anilines is 3. The quantitative estimate of drug-likeness (QED) is 0.732. The number of nitrogens with one attached hydrogen (secondary N) is 1. The Morgan fingerprint density at radius 2 is 1.59 bits per heavy atom. The van der Waals surface area contributed by atoms with Crippen molar-refractivity contribution >= 4 is 23.2 Å². The molecule has 0 saturated heterocycles. The second-order valence-electron chi connectivity index (χ2n) is 5.70. The lowest BCUT2D eigenvalue weighted by atomic mass is 10.1. The molecule has 1 aromatic heterocycles. The topological polar surface area (TPSA) is 58.1 Å². The zero-order valence-corrected chi connectivity index (χ0v) is 14.2. The molecular formula is C19H15F3N4O. The van der Waals surface area contributed by atoms with Gasteiger partial charge in [-0.3, -0.25) is 4.79 Å². The summed E-state index contributed by atoms with van der Waals surface area (Å²) in [6.07, 6.45) is -4.44. The molecule has 3 aromatic rings. The van der Waals surface area contributed by atoms with Gasteiger partial charge in [0.05, 0.1) is 5.56 Å². The number of benzene rings is 2.